The maximum absolute atomic E-state index is 11.7. The van der Waals surface area contributed by atoms with Gasteiger partial charge < -0.3 is 4.74 Å². The number of thiophene rings is 1. The molecule has 1 heterocycles. The normalized spacial score (nSPS) is 10.9. The second kappa shape index (κ2) is 5.92. The molecule has 0 saturated heterocycles. The molecule has 0 spiro atoms. The Balaban J connectivity index is 2.40. The highest BCUT2D eigenvalue weighted by Crippen LogP contribution is 2.17. The number of ether oxygens (including phenoxy) is 1. The molecule has 15 heavy (non-hydrogen) atoms. The van der Waals surface area contributed by atoms with E-state index in [2.05, 4.69) is 4.74 Å². The van der Waals surface area contributed by atoms with Gasteiger partial charge in [0.25, 0.3) is 6.43 Å². The number of carbonyl (C=O) groups is 1. The average Bonchev–Trinajstić information content (AvgIpc) is 2.65. The van der Waals surface area contributed by atoms with Crippen molar-refractivity contribution in [1.82, 2.24) is 0 Å². The number of alkyl halides is 2. The Morgan fingerprint density at radius 2 is 2.27 bits per heavy atom. The summed E-state index contributed by atoms with van der Waals surface area (Å²) in [7, 11) is 0. The molecule has 0 N–H and O–H groups in total. The Morgan fingerprint density at radius 1 is 1.53 bits per heavy atom. The van der Waals surface area contributed by atoms with Gasteiger partial charge in [-0.1, -0.05) is 6.92 Å². The summed E-state index contributed by atoms with van der Waals surface area (Å²) in [6.45, 7) is 1.04. The minimum atomic E-state index is -2.52. The predicted molar refractivity (Wildman–Crippen MR) is 54.9 cm³/mol. The van der Waals surface area contributed by atoms with Gasteiger partial charge in [-0.05, 0) is 18.6 Å². The highest BCUT2D eigenvalue weighted by Gasteiger charge is 2.10. The predicted octanol–water partition coefficient (Wildman–Crippen LogP) is 2.77. The van der Waals surface area contributed by atoms with Crippen molar-refractivity contribution in [3.8, 4) is 0 Å². The van der Waals surface area contributed by atoms with E-state index in [9.17, 15) is 13.6 Å². The zero-order valence-corrected chi connectivity index (χ0v) is 9.15. The summed E-state index contributed by atoms with van der Waals surface area (Å²) < 4.78 is 28.0. The standard InChI is InChI=1S/C10H12F2O2S/c1-2-7-3-4-9(15-7)8(13)5-14-6-10(11)12/h3-4,10H,2,5-6H2,1H3. The average molecular weight is 234 g/mol. The van der Waals surface area contributed by atoms with Crippen LogP contribution in [0, 0.1) is 0 Å². The first-order valence-corrected chi connectivity index (χ1v) is 5.43. The quantitative estimate of drug-likeness (QED) is 0.707. The molecule has 5 heteroatoms. The second-order valence-corrected chi connectivity index (χ2v) is 4.12. The Hall–Kier alpha value is -0.810. The number of aryl methyl sites for hydroxylation is 1. The number of rotatable bonds is 6. The van der Waals surface area contributed by atoms with E-state index in [-0.39, 0.29) is 12.4 Å². The summed E-state index contributed by atoms with van der Waals surface area (Å²) in [5.41, 5.74) is 0. The van der Waals surface area contributed by atoms with Crippen LogP contribution in [0.25, 0.3) is 0 Å². The SMILES string of the molecule is CCc1ccc(C(=O)COCC(F)F)s1. The van der Waals surface area contributed by atoms with Gasteiger partial charge in [0, 0.05) is 4.88 Å². The lowest BCUT2D eigenvalue weighted by Gasteiger charge is -2.00. The molecule has 0 amide bonds. The van der Waals surface area contributed by atoms with Crippen LogP contribution >= 0.6 is 11.3 Å². The molecule has 0 bridgehead atoms. The van der Waals surface area contributed by atoms with Gasteiger partial charge in [-0.15, -0.1) is 11.3 Å². The number of hydrogen-bond donors (Lipinski definition) is 0. The maximum atomic E-state index is 11.7. The molecule has 0 radical (unpaired) electrons. The van der Waals surface area contributed by atoms with E-state index in [1.807, 2.05) is 13.0 Å². The molecule has 0 atom stereocenters. The lowest BCUT2D eigenvalue weighted by atomic mass is 10.3. The van der Waals surface area contributed by atoms with Crippen LogP contribution in [-0.4, -0.2) is 25.4 Å². The minimum Gasteiger partial charge on any atom is -0.367 e. The zero-order chi connectivity index (χ0) is 11.3. The number of ketones is 1. The van der Waals surface area contributed by atoms with Gasteiger partial charge in [0.1, 0.15) is 13.2 Å². The van der Waals surface area contributed by atoms with Crippen LogP contribution in [-0.2, 0) is 11.2 Å². The zero-order valence-electron chi connectivity index (χ0n) is 8.33. The maximum Gasteiger partial charge on any atom is 0.261 e. The molecule has 0 aliphatic carbocycles. The Morgan fingerprint density at radius 3 is 2.80 bits per heavy atom. The van der Waals surface area contributed by atoms with E-state index in [0.29, 0.717) is 4.88 Å². The Bertz CT molecular complexity index is 323. The van der Waals surface area contributed by atoms with E-state index in [1.165, 1.54) is 11.3 Å². The third kappa shape index (κ3) is 4.05. The van der Waals surface area contributed by atoms with Crippen LogP contribution in [0.2, 0.25) is 0 Å². The van der Waals surface area contributed by atoms with E-state index < -0.39 is 13.0 Å². The van der Waals surface area contributed by atoms with Gasteiger partial charge in [-0.25, -0.2) is 8.78 Å². The highest BCUT2D eigenvalue weighted by molar-refractivity contribution is 7.14. The minimum absolute atomic E-state index is 0.236. The molecule has 84 valence electrons. The first-order valence-electron chi connectivity index (χ1n) is 4.61. The summed E-state index contributed by atoms with van der Waals surface area (Å²) in [6.07, 6.45) is -1.65. The number of hydrogen-bond acceptors (Lipinski definition) is 3. The topological polar surface area (TPSA) is 26.3 Å². The lowest BCUT2D eigenvalue weighted by Crippen LogP contribution is -2.12. The molecule has 2 nitrogen and oxygen atoms in total. The third-order valence-electron chi connectivity index (χ3n) is 1.76. The summed E-state index contributed by atoms with van der Waals surface area (Å²) in [6, 6.07) is 3.57. The van der Waals surface area contributed by atoms with Crippen molar-refractivity contribution in [2.45, 2.75) is 19.8 Å². The molecule has 0 aromatic carbocycles. The molecule has 1 aromatic rings. The first-order chi connectivity index (χ1) is 7.13. The number of carbonyl (C=O) groups excluding carboxylic acids is 1. The summed E-state index contributed by atoms with van der Waals surface area (Å²) >= 11 is 1.38. The number of Topliss-reactive ketones (excluding diaryl/α,β-unsaturated/α-hetero) is 1. The van der Waals surface area contributed by atoms with E-state index in [0.717, 1.165) is 11.3 Å². The van der Waals surface area contributed by atoms with E-state index >= 15 is 0 Å². The van der Waals surface area contributed by atoms with Gasteiger partial charge in [-0.3, -0.25) is 4.79 Å². The van der Waals surface area contributed by atoms with Crippen LogP contribution < -0.4 is 0 Å². The van der Waals surface area contributed by atoms with Crippen molar-refractivity contribution in [2.75, 3.05) is 13.2 Å². The fourth-order valence-electron chi connectivity index (χ4n) is 1.03. The molecular formula is C10H12F2O2S. The fraction of sp³-hybridized carbons (Fsp3) is 0.500. The van der Waals surface area contributed by atoms with E-state index in [4.69, 9.17) is 0 Å². The second-order valence-electron chi connectivity index (χ2n) is 2.95. The molecule has 0 saturated carbocycles. The molecule has 0 aliphatic rings. The Kier molecular flexibility index (Phi) is 4.84. The van der Waals surface area contributed by atoms with Crippen molar-refractivity contribution in [3.63, 3.8) is 0 Å². The van der Waals surface area contributed by atoms with Crippen LogP contribution in [0.4, 0.5) is 8.78 Å². The largest absolute Gasteiger partial charge is 0.367 e. The Labute approximate surface area is 90.9 Å². The van der Waals surface area contributed by atoms with Crippen molar-refractivity contribution in [1.29, 1.82) is 0 Å². The van der Waals surface area contributed by atoms with Crippen molar-refractivity contribution >= 4 is 17.1 Å². The van der Waals surface area contributed by atoms with Gasteiger partial charge in [0.15, 0.2) is 5.78 Å². The molecular weight excluding hydrogens is 222 g/mol. The lowest BCUT2D eigenvalue weighted by molar-refractivity contribution is 0.0197. The third-order valence-corrected chi connectivity index (χ3v) is 3.03. The number of halogens is 2. The summed E-state index contributed by atoms with van der Waals surface area (Å²) in [5, 5.41) is 0. The van der Waals surface area contributed by atoms with Crippen LogP contribution in [0.15, 0.2) is 12.1 Å². The van der Waals surface area contributed by atoms with Crippen molar-refractivity contribution in [3.05, 3.63) is 21.9 Å². The van der Waals surface area contributed by atoms with Crippen molar-refractivity contribution in [2.24, 2.45) is 0 Å². The highest BCUT2D eigenvalue weighted by atomic mass is 32.1. The van der Waals surface area contributed by atoms with Crippen LogP contribution in [0.1, 0.15) is 21.5 Å². The van der Waals surface area contributed by atoms with Crippen LogP contribution in [0.5, 0.6) is 0 Å². The van der Waals surface area contributed by atoms with Gasteiger partial charge in [0.2, 0.25) is 0 Å². The summed E-state index contributed by atoms with van der Waals surface area (Å²) in [5.74, 6) is -0.236. The van der Waals surface area contributed by atoms with E-state index in [1.54, 1.807) is 6.07 Å². The van der Waals surface area contributed by atoms with Gasteiger partial charge in [0.05, 0.1) is 4.88 Å². The molecule has 0 fully saturated rings. The van der Waals surface area contributed by atoms with Gasteiger partial charge in [-0.2, -0.15) is 0 Å². The van der Waals surface area contributed by atoms with Gasteiger partial charge >= 0.3 is 0 Å². The first kappa shape index (κ1) is 12.3. The van der Waals surface area contributed by atoms with Crippen molar-refractivity contribution < 1.29 is 18.3 Å². The fourth-order valence-corrected chi connectivity index (χ4v) is 1.90. The molecule has 1 rings (SSSR count). The summed E-state index contributed by atoms with van der Waals surface area (Å²) in [4.78, 5) is 13.1. The monoisotopic (exact) mass is 234 g/mol. The smallest absolute Gasteiger partial charge is 0.261 e. The molecule has 0 unspecified atom stereocenters. The molecule has 1 aromatic heterocycles. The van der Waals surface area contributed by atoms with Crippen LogP contribution in [0.3, 0.4) is 0 Å². The molecule has 0 aliphatic heterocycles.